The second-order valence-corrected chi connectivity index (χ2v) is 4.70. The minimum atomic E-state index is -0.119. The molecule has 2 N–H and O–H groups in total. The highest BCUT2D eigenvalue weighted by Crippen LogP contribution is 2.24. The average molecular weight is 269 g/mol. The van der Waals surface area contributed by atoms with E-state index in [0.29, 0.717) is 10.6 Å². The Morgan fingerprint density at radius 2 is 2.39 bits per heavy atom. The number of benzene rings is 1. The molecule has 1 atom stereocenters. The molecule has 4 nitrogen and oxygen atoms in total. The predicted octanol–water partition coefficient (Wildman–Crippen LogP) is 2.29. The van der Waals surface area contributed by atoms with Crippen molar-refractivity contribution in [2.75, 3.05) is 25.5 Å². The molecule has 98 valence electrons. The molecule has 0 saturated carbocycles. The van der Waals surface area contributed by atoms with Gasteiger partial charge >= 0.3 is 0 Å². The van der Waals surface area contributed by atoms with Crippen LogP contribution in [0.5, 0.6) is 0 Å². The Kier molecular flexibility index (Phi) is 4.44. The van der Waals surface area contributed by atoms with Gasteiger partial charge in [0, 0.05) is 25.8 Å². The number of hydrogen-bond acceptors (Lipinski definition) is 3. The van der Waals surface area contributed by atoms with Crippen molar-refractivity contribution in [3.05, 3.63) is 28.8 Å². The molecular weight excluding hydrogens is 252 g/mol. The van der Waals surface area contributed by atoms with Crippen molar-refractivity contribution in [1.82, 2.24) is 5.32 Å². The van der Waals surface area contributed by atoms with Crippen LogP contribution in [-0.4, -0.2) is 32.2 Å². The van der Waals surface area contributed by atoms with E-state index in [0.717, 1.165) is 31.7 Å². The van der Waals surface area contributed by atoms with E-state index in [-0.39, 0.29) is 12.0 Å². The van der Waals surface area contributed by atoms with Crippen molar-refractivity contribution in [2.45, 2.75) is 18.9 Å². The molecule has 1 aromatic rings. The molecule has 1 fully saturated rings. The lowest BCUT2D eigenvalue weighted by molar-refractivity contribution is 0.0963. The summed E-state index contributed by atoms with van der Waals surface area (Å²) < 4.78 is 5.53. The number of nitrogens with one attached hydrogen (secondary N) is 2. The lowest BCUT2D eigenvalue weighted by atomic mass is 10.1. The molecule has 0 aliphatic carbocycles. The van der Waals surface area contributed by atoms with Gasteiger partial charge in [-0.25, -0.2) is 0 Å². The van der Waals surface area contributed by atoms with Gasteiger partial charge in [0.25, 0.3) is 5.91 Å². The molecule has 1 aromatic carbocycles. The Bertz CT molecular complexity index is 431. The van der Waals surface area contributed by atoms with Gasteiger partial charge in [-0.05, 0) is 31.0 Å². The van der Waals surface area contributed by atoms with E-state index in [4.69, 9.17) is 16.3 Å². The molecule has 2 rings (SSSR count). The summed E-state index contributed by atoms with van der Waals surface area (Å²) in [5.41, 5.74) is 1.37. The molecule has 1 saturated heterocycles. The van der Waals surface area contributed by atoms with Gasteiger partial charge in [0.05, 0.1) is 16.8 Å². The summed E-state index contributed by atoms with van der Waals surface area (Å²) in [5, 5.41) is 6.44. The van der Waals surface area contributed by atoms with E-state index < -0.39 is 0 Å². The van der Waals surface area contributed by atoms with Gasteiger partial charge in [0.1, 0.15) is 0 Å². The highest BCUT2D eigenvalue weighted by Gasteiger charge is 2.15. The Labute approximate surface area is 112 Å². The number of hydrogen-bond donors (Lipinski definition) is 2. The zero-order valence-electron chi connectivity index (χ0n) is 10.3. The van der Waals surface area contributed by atoms with Gasteiger partial charge < -0.3 is 15.4 Å². The van der Waals surface area contributed by atoms with Crippen LogP contribution in [0.1, 0.15) is 23.2 Å². The SMILES string of the molecule is CNC(=O)c1ccc(Cl)c(NCC2CCCO2)c1. The lowest BCUT2D eigenvalue weighted by Crippen LogP contribution is -2.20. The maximum Gasteiger partial charge on any atom is 0.251 e. The largest absolute Gasteiger partial charge is 0.381 e. The van der Waals surface area contributed by atoms with Crippen LogP contribution in [0.15, 0.2) is 18.2 Å². The first-order valence-corrected chi connectivity index (χ1v) is 6.45. The summed E-state index contributed by atoms with van der Waals surface area (Å²) in [7, 11) is 1.61. The maximum atomic E-state index is 11.5. The zero-order chi connectivity index (χ0) is 13.0. The second kappa shape index (κ2) is 6.07. The molecule has 0 bridgehead atoms. The molecule has 0 spiro atoms. The first kappa shape index (κ1) is 13.2. The fourth-order valence-corrected chi connectivity index (χ4v) is 2.16. The van der Waals surface area contributed by atoms with Crippen molar-refractivity contribution in [3.8, 4) is 0 Å². The van der Waals surface area contributed by atoms with Gasteiger partial charge in [0.2, 0.25) is 0 Å². The smallest absolute Gasteiger partial charge is 0.251 e. The Hall–Kier alpha value is -1.26. The molecule has 0 radical (unpaired) electrons. The predicted molar refractivity (Wildman–Crippen MR) is 72.3 cm³/mol. The summed E-state index contributed by atoms with van der Waals surface area (Å²) in [6.45, 7) is 1.55. The Balaban J connectivity index is 2.03. The van der Waals surface area contributed by atoms with E-state index in [1.54, 1.807) is 25.2 Å². The van der Waals surface area contributed by atoms with Crippen molar-refractivity contribution >= 4 is 23.2 Å². The van der Waals surface area contributed by atoms with Crippen molar-refractivity contribution in [3.63, 3.8) is 0 Å². The zero-order valence-corrected chi connectivity index (χ0v) is 11.1. The molecule has 5 heteroatoms. The normalized spacial score (nSPS) is 18.7. The highest BCUT2D eigenvalue weighted by molar-refractivity contribution is 6.33. The van der Waals surface area contributed by atoms with E-state index in [1.165, 1.54) is 0 Å². The molecular formula is C13H17ClN2O2. The van der Waals surface area contributed by atoms with E-state index in [9.17, 15) is 4.79 Å². The molecule has 1 amide bonds. The number of amides is 1. The van der Waals surface area contributed by atoms with Gasteiger partial charge in [-0.1, -0.05) is 11.6 Å². The quantitative estimate of drug-likeness (QED) is 0.881. The van der Waals surface area contributed by atoms with Crippen LogP contribution in [0.2, 0.25) is 5.02 Å². The van der Waals surface area contributed by atoms with E-state index in [1.807, 2.05) is 0 Å². The van der Waals surface area contributed by atoms with Crippen LogP contribution in [0, 0.1) is 0 Å². The highest BCUT2D eigenvalue weighted by atomic mass is 35.5. The summed E-state index contributed by atoms with van der Waals surface area (Å²) in [6.07, 6.45) is 2.42. The van der Waals surface area contributed by atoms with Gasteiger partial charge in [-0.2, -0.15) is 0 Å². The van der Waals surface area contributed by atoms with Crippen LogP contribution in [0.25, 0.3) is 0 Å². The van der Waals surface area contributed by atoms with Crippen molar-refractivity contribution in [1.29, 1.82) is 0 Å². The first-order chi connectivity index (χ1) is 8.70. The van der Waals surface area contributed by atoms with Crippen LogP contribution in [0.3, 0.4) is 0 Å². The van der Waals surface area contributed by atoms with Gasteiger partial charge in [-0.3, -0.25) is 4.79 Å². The summed E-state index contributed by atoms with van der Waals surface area (Å²) in [6, 6.07) is 5.19. The maximum absolute atomic E-state index is 11.5. The van der Waals surface area contributed by atoms with Crippen molar-refractivity contribution < 1.29 is 9.53 Å². The minimum Gasteiger partial charge on any atom is -0.381 e. The fraction of sp³-hybridized carbons (Fsp3) is 0.462. The van der Waals surface area contributed by atoms with Gasteiger partial charge in [-0.15, -0.1) is 0 Å². The third-order valence-electron chi connectivity index (χ3n) is 3.00. The molecule has 0 aromatic heterocycles. The average Bonchev–Trinajstić information content (AvgIpc) is 2.90. The van der Waals surface area contributed by atoms with E-state index in [2.05, 4.69) is 10.6 Å². The number of ether oxygens (including phenoxy) is 1. The lowest BCUT2D eigenvalue weighted by Gasteiger charge is -2.13. The molecule has 1 aliphatic heterocycles. The fourth-order valence-electron chi connectivity index (χ4n) is 1.98. The molecule has 1 unspecified atom stereocenters. The second-order valence-electron chi connectivity index (χ2n) is 4.29. The molecule has 1 aliphatic rings. The summed E-state index contributed by atoms with van der Waals surface area (Å²) >= 11 is 6.09. The Morgan fingerprint density at radius 3 is 3.06 bits per heavy atom. The molecule has 1 heterocycles. The minimum absolute atomic E-state index is 0.119. The topological polar surface area (TPSA) is 50.4 Å². The monoisotopic (exact) mass is 268 g/mol. The third-order valence-corrected chi connectivity index (χ3v) is 3.33. The summed E-state index contributed by atoms with van der Waals surface area (Å²) in [4.78, 5) is 11.5. The van der Waals surface area contributed by atoms with Crippen LogP contribution >= 0.6 is 11.6 Å². The number of carbonyl (C=O) groups is 1. The summed E-state index contributed by atoms with van der Waals surface area (Å²) in [5.74, 6) is -0.119. The van der Waals surface area contributed by atoms with Gasteiger partial charge in [0.15, 0.2) is 0 Å². The third kappa shape index (κ3) is 3.15. The van der Waals surface area contributed by atoms with Crippen LogP contribution in [-0.2, 0) is 4.74 Å². The number of carbonyl (C=O) groups excluding carboxylic acids is 1. The van der Waals surface area contributed by atoms with Crippen LogP contribution < -0.4 is 10.6 Å². The first-order valence-electron chi connectivity index (χ1n) is 6.08. The van der Waals surface area contributed by atoms with Crippen molar-refractivity contribution in [2.24, 2.45) is 0 Å². The molecule has 18 heavy (non-hydrogen) atoms. The van der Waals surface area contributed by atoms with E-state index >= 15 is 0 Å². The Morgan fingerprint density at radius 1 is 1.56 bits per heavy atom. The number of rotatable bonds is 4. The number of halogens is 1. The van der Waals surface area contributed by atoms with Crippen LogP contribution in [0.4, 0.5) is 5.69 Å². The standard InChI is InChI=1S/C13H17ClN2O2/c1-15-13(17)9-4-5-11(14)12(7-9)16-8-10-3-2-6-18-10/h4-5,7,10,16H,2-3,6,8H2,1H3,(H,15,17). The number of anilines is 1.